The molecular formula is C56H68N12O5S. The number of piperazine rings is 1. The number of H-pyrrole nitrogens is 1. The van der Waals surface area contributed by atoms with Gasteiger partial charge in [-0.25, -0.2) is 15.0 Å². The van der Waals surface area contributed by atoms with Gasteiger partial charge in [0.15, 0.2) is 5.65 Å². The molecule has 11 rings (SSSR count). The fraction of sp³-hybridized carbons (Fsp3) is 0.500. The minimum atomic E-state index is -0.845. The molecule has 3 amide bonds. The maximum Gasteiger partial charge on any atom is 0.246 e. The molecule has 4 atom stereocenters. The number of phenolic OH excluding ortho intramolecular Hbond substituents is 1. The molecule has 4 aromatic heterocycles. The van der Waals surface area contributed by atoms with E-state index in [1.165, 1.54) is 4.90 Å². The van der Waals surface area contributed by atoms with Crippen LogP contribution in [0.1, 0.15) is 101 Å². The Morgan fingerprint density at radius 2 is 1.66 bits per heavy atom. The van der Waals surface area contributed by atoms with Crippen LogP contribution in [-0.2, 0) is 27.3 Å². The minimum Gasteiger partial charge on any atom is -0.507 e. The van der Waals surface area contributed by atoms with Crippen molar-refractivity contribution in [3.05, 3.63) is 95.0 Å². The second kappa shape index (κ2) is 20.0. The van der Waals surface area contributed by atoms with Gasteiger partial charge in [0.1, 0.15) is 17.8 Å². The summed E-state index contributed by atoms with van der Waals surface area (Å²) in [5, 5.41) is 37.3. The van der Waals surface area contributed by atoms with Crippen LogP contribution in [0.25, 0.3) is 32.7 Å². The van der Waals surface area contributed by atoms with E-state index in [9.17, 15) is 24.6 Å². The van der Waals surface area contributed by atoms with Gasteiger partial charge in [0.05, 0.1) is 52.0 Å². The number of aromatic nitrogens is 6. The Kier molecular flexibility index (Phi) is 13.4. The number of hydrogen-bond acceptors (Lipinski definition) is 14. The van der Waals surface area contributed by atoms with Gasteiger partial charge < -0.3 is 40.5 Å². The summed E-state index contributed by atoms with van der Waals surface area (Å²) in [7, 11) is 0. The molecule has 6 aromatic rings. The summed E-state index contributed by atoms with van der Waals surface area (Å²) in [6.07, 6.45) is 9.92. The molecule has 0 bridgehead atoms. The van der Waals surface area contributed by atoms with E-state index in [0.717, 1.165) is 127 Å². The lowest BCUT2D eigenvalue weighted by molar-refractivity contribution is -0.145. The second-order valence-corrected chi connectivity index (χ2v) is 23.5. The van der Waals surface area contributed by atoms with Crippen molar-refractivity contribution in [1.29, 1.82) is 0 Å². The van der Waals surface area contributed by atoms with Gasteiger partial charge in [-0.05, 0) is 92.5 Å². The number of likely N-dealkylation sites (tertiary alicyclic amines) is 1. The fourth-order valence-corrected chi connectivity index (χ4v) is 13.3. The Morgan fingerprint density at radius 3 is 2.35 bits per heavy atom. The first kappa shape index (κ1) is 49.7. The lowest BCUT2D eigenvalue weighted by Gasteiger charge is -2.56. The zero-order chi connectivity index (χ0) is 51.5. The number of aromatic hydroxyl groups is 1. The Balaban J connectivity index is 0.640. The molecule has 0 unspecified atom stereocenters. The zero-order valence-corrected chi connectivity index (χ0v) is 43.9. The van der Waals surface area contributed by atoms with Crippen LogP contribution in [0.2, 0.25) is 0 Å². The number of nitrogens with zero attached hydrogens (tertiary/aromatic N) is 9. The molecule has 1 spiro atoms. The number of hydrogen-bond donors (Lipinski definition) is 5. The predicted octanol–water partition coefficient (Wildman–Crippen LogP) is 6.95. The molecule has 2 aromatic carbocycles. The predicted molar refractivity (Wildman–Crippen MR) is 285 cm³/mol. The number of β-amino-alcohol motifs (C(OH)–C–C–N with tert-alkyl or cyclic N) is 1. The summed E-state index contributed by atoms with van der Waals surface area (Å²) in [6.45, 7) is 14.9. The summed E-state index contributed by atoms with van der Waals surface area (Å²) in [5.74, 6) is -0.0453. The number of thiazole rings is 1. The number of carbonyl (C=O) groups excluding carboxylic acids is 3. The number of para-hydroxylation sites is 1. The van der Waals surface area contributed by atoms with Gasteiger partial charge in [0, 0.05) is 92.8 Å². The molecule has 7 heterocycles. The highest BCUT2D eigenvalue weighted by Gasteiger charge is 2.50. The summed E-state index contributed by atoms with van der Waals surface area (Å²) in [5.41, 5.74) is 9.80. The zero-order valence-electron chi connectivity index (χ0n) is 43.1. The lowest BCUT2D eigenvalue weighted by atomic mass is 9.56. The number of fused-ring (bicyclic) bond motifs is 3. The maximum absolute atomic E-state index is 14.4. The van der Waals surface area contributed by atoms with Crippen LogP contribution >= 0.6 is 11.3 Å². The van der Waals surface area contributed by atoms with Crippen LogP contribution in [0, 0.1) is 23.7 Å². The quantitative estimate of drug-likeness (QED) is 0.0892. The SMILES string of the molecule is Cc1ncsc1-c1ccc(CNC(=O)[C@@H]2C[C@@H](O)CN2C(=O)[C@@H](NC(=O)C2CCC3(CC2)CC(N2CCN(c4cnc(N5CCc6[nH]c7nnc(-c8ccccc8O)cc7c6[C@H]5C)nc4)CC2)C3)C(C)(C)C)cc1. The fourth-order valence-electron chi connectivity index (χ4n) is 12.5. The third-order valence-corrected chi connectivity index (χ3v) is 17.8. The van der Waals surface area contributed by atoms with E-state index in [1.54, 1.807) is 23.5 Å². The van der Waals surface area contributed by atoms with Gasteiger partial charge in [0.2, 0.25) is 23.7 Å². The monoisotopic (exact) mass is 1020 g/mol. The van der Waals surface area contributed by atoms with Crippen LogP contribution in [-0.4, -0.2) is 131 Å². The molecule has 5 N–H and O–H groups in total. The number of anilines is 2. The molecule has 74 heavy (non-hydrogen) atoms. The highest BCUT2D eigenvalue weighted by molar-refractivity contribution is 7.13. The first-order chi connectivity index (χ1) is 35.6. The molecule has 17 nitrogen and oxygen atoms in total. The molecular weight excluding hydrogens is 953 g/mol. The van der Waals surface area contributed by atoms with E-state index in [2.05, 4.69) is 52.4 Å². The number of nitrogens with one attached hydrogen (secondary N) is 3. The first-order valence-corrected chi connectivity index (χ1v) is 27.3. The average Bonchev–Trinajstić information content (AvgIpc) is 4.12. The van der Waals surface area contributed by atoms with Crippen molar-refractivity contribution in [2.75, 3.05) is 49.1 Å². The van der Waals surface area contributed by atoms with Crippen molar-refractivity contribution < 1.29 is 24.6 Å². The van der Waals surface area contributed by atoms with E-state index in [1.807, 2.05) is 88.1 Å². The normalized spacial score (nSPS) is 24.7. The standard InChI is InChI=1S/C56H68N12O5S/c1-33-48(74-32-60-33)36-12-10-35(11-13-36)28-57-52(72)45-24-40(69)31-68(45)53(73)49(55(3,4)5)62-51(71)37-14-17-56(18-15-37)26-38(27-56)65-20-22-66(23-21-65)39-29-58-54(59-30-39)67-19-16-43-47(34(67)2)42-25-44(63-64-50(42)61-43)41-8-6-7-9-46(41)70/h6-13,25,29-30,32,34,37-38,40,45,49,69-70H,14-24,26-28,31H2,1-5H3,(H,57,72)(H,61,64)(H,62,71)/t34-,37?,38?,40-,45+,49-,56?/m1/s1. The number of aliphatic hydroxyl groups is 1. The third-order valence-electron chi connectivity index (χ3n) is 16.9. The van der Waals surface area contributed by atoms with Gasteiger partial charge >= 0.3 is 0 Å². The second-order valence-electron chi connectivity index (χ2n) is 22.6. The van der Waals surface area contributed by atoms with Crippen LogP contribution in [0.3, 0.4) is 0 Å². The van der Waals surface area contributed by atoms with Crippen molar-refractivity contribution in [3.8, 4) is 27.4 Å². The summed E-state index contributed by atoms with van der Waals surface area (Å²) < 4.78 is 0. The number of benzene rings is 2. The molecule has 2 saturated carbocycles. The number of phenols is 1. The Bertz CT molecular complexity index is 3020. The van der Waals surface area contributed by atoms with Crippen molar-refractivity contribution in [2.24, 2.45) is 16.7 Å². The van der Waals surface area contributed by atoms with Crippen LogP contribution in [0.5, 0.6) is 5.75 Å². The average molecular weight is 1020 g/mol. The van der Waals surface area contributed by atoms with Crippen LogP contribution in [0.4, 0.5) is 11.6 Å². The Labute approximate surface area is 436 Å². The number of aromatic amines is 1. The number of aryl methyl sites for hydroxylation is 1. The molecule has 0 radical (unpaired) electrons. The smallest absolute Gasteiger partial charge is 0.246 e. The topological polar surface area (TPSA) is 209 Å². The van der Waals surface area contributed by atoms with Crippen LogP contribution < -0.4 is 20.4 Å². The molecule has 4 fully saturated rings. The molecule has 2 aliphatic carbocycles. The summed E-state index contributed by atoms with van der Waals surface area (Å²) in [6, 6.07) is 16.1. The summed E-state index contributed by atoms with van der Waals surface area (Å²) >= 11 is 1.59. The molecule has 5 aliphatic rings. The first-order valence-electron chi connectivity index (χ1n) is 26.4. The van der Waals surface area contributed by atoms with E-state index in [-0.39, 0.29) is 53.8 Å². The highest BCUT2D eigenvalue weighted by atomic mass is 32.1. The third kappa shape index (κ3) is 9.71. The Morgan fingerprint density at radius 1 is 0.932 bits per heavy atom. The van der Waals surface area contributed by atoms with Gasteiger partial charge in [-0.2, -0.15) is 0 Å². The van der Waals surface area contributed by atoms with Crippen molar-refractivity contribution >= 4 is 51.7 Å². The number of amides is 3. The summed E-state index contributed by atoms with van der Waals surface area (Å²) in [4.78, 5) is 69.5. The highest BCUT2D eigenvalue weighted by Crippen LogP contribution is 2.54. The number of aliphatic hydroxyl groups excluding tert-OH is 1. The van der Waals surface area contributed by atoms with Crippen molar-refractivity contribution in [3.63, 3.8) is 0 Å². The van der Waals surface area contributed by atoms with E-state index in [0.29, 0.717) is 29.8 Å². The molecule has 388 valence electrons. The molecule has 18 heteroatoms. The molecule has 3 aliphatic heterocycles. The van der Waals surface area contributed by atoms with Gasteiger partial charge in [-0.15, -0.1) is 21.5 Å². The minimum absolute atomic E-state index is 0.00586. The largest absolute Gasteiger partial charge is 0.507 e. The van der Waals surface area contributed by atoms with Crippen molar-refractivity contribution in [1.82, 2.24) is 50.6 Å². The van der Waals surface area contributed by atoms with Gasteiger partial charge in [0.25, 0.3) is 0 Å². The lowest BCUT2D eigenvalue weighted by Crippen LogP contribution is -2.59. The number of carbonyl (C=O) groups is 3. The van der Waals surface area contributed by atoms with Crippen LogP contribution in [0.15, 0.2) is 72.5 Å². The van der Waals surface area contributed by atoms with Gasteiger partial charge in [-0.1, -0.05) is 57.2 Å². The van der Waals surface area contributed by atoms with Gasteiger partial charge in [-0.3, -0.25) is 19.3 Å². The van der Waals surface area contributed by atoms with E-state index < -0.39 is 23.6 Å². The van der Waals surface area contributed by atoms with Crippen molar-refractivity contribution in [2.45, 2.75) is 123 Å². The van der Waals surface area contributed by atoms with E-state index in [4.69, 9.17) is 9.97 Å². The maximum atomic E-state index is 14.4. The Hall–Kier alpha value is -6.50. The van der Waals surface area contributed by atoms with E-state index >= 15 is 0 Å². The molecule has 2 saturated heterocycles. The number of rotatable bonds is 11.